The predicted octanol–water partition coefficient (Wildman–Crippen LogP) is 5.49. The zero-order valence-corrected chi connectivity index (χ0v) is 16.5. The van der Waals surface area contributed by atoms with E-state index in [4.69, 9.17) is 21.1 Å². The van der Waals surface area contributed by atoms with Crippen LogP contribution in [0.1, 0.15) is 12.5 Å². The molecule has 1 atom stereocenters. The molecule has 0 aliphatic rings. The summed E-state index contributed by atoms with van der Waals surface area (Å²) >= 11 is 5.63. The molecule has 3 rings (SSSR count). The van der Waals surface area contributed by atoms with E-state index in [9.17, 15) is 22.4 Å². The lowest BCUT2D eigenvalue weighted by molar-refractivity contribution is -0.137. The minimum absolute atomic E-state index is 0.0466. The first-order chi connectivity index (χ1) is 14.6. The highest BCUT2D eigenvalue weighted by atomic mass is 35.5. The summed E-state index contributed by atoms with van der Waals surface area (Å²) in [5.41, 5.74) is -0.925. The molecule has 0 radical (unpaired) electrons. The molecular formula is C20H14ClF4N3O3. The molecule has 1 aromatic carbocycles. The number of ether oxygens (including phenoxy) is 2. The van der Waals surface area contributed by atoms with Crippen LogP contribution in [0.25, 0.3) is 0 Å². The SMILES string of the molecule is CC(Oc1ccc(Oc2ncc(Cl)cc2F)cc1)C(=O)Nc1ccc(C(F)(F)F)cn1. The number of carbonyl (C=O) groups is 1. The van der Waals surface area contributed by atoms with Crippen molar-refractivity contribution >= 4 is 23.3 Å². The van der Waals surface area contributed by atoms with Crippen molar-refractivity contribution in [2.75, 3.05) is 5.32 Å². The number of amides is 1. The van der Waals surface area contributed by atoms with Crippen LogP contribution in [-0.4, -0.2) is 22.0 Å². The number of rotatable bonds is 6. The third kappa shape index (κ3) is 6.05. The van der Waals surface area contributed by atoms with E-state index in [1.165, 1.54) is 37.4 Å². The maximum absolute atomic E-state index is 13.7. The highest BCUT2D eigenvalue weighted by Gasteiger charge is 2.30. The molecule has 6 nitrogen and oxygen atoms in total. The number of nitrogens with one attached hydrogen (secondary N) is 1. The molecule has 1 amide bonds. The van der Waals surface area contributed by atoms with Crippen molar-refractivity contribution in [1.82, 2.24) is 9.97 Å². The van der Waals surface area contributed by atoms with Crippen LogP contribution in [0.3, 0.4) is 0 Å². The molecule has 1 unspecified atom stereocenters. The zero-order valence-electron chi connectivity index (χ0n) is 15.8. The number of benzene rings is 1. The Bertz CT molecular complexity index is 1060. The topological polar surface area (TPSA) is 73.3 Å². The molecule has 0 bridgehead atoms. The first-order valence-electron chi connectivity index (χ1n) is 8.71. The summed E-state index contributed by atoms with van der Waals surface area (Å²) in [5.74, 6) is -1.06. The number of anilines is 1. The molecule has 11 heteroatoms. The van der Waals surface area contributed by atoms with E-state index in [2.05, 4.69) is 15.3 Å². The molecule has 0 saturated carbocycles. The second-order valence-corrected chi connectivity index (χ2v) is 6.63. The van der Waals surface area contributed by atoms with Crippen molar-refractivity contribution in [3.63, 3.8) is 0 Å². The second-order valence-electron chi connectivity index (χ2n) is 6.19. The van der Waals surface area contributed by atoms with Gasteiger partial charge in [-0.2, -0.15) is 13.2 Å². The van der Waals surface area contributed by atoms with Crippen LogP contribution in [-0.2, 0) is 11.0 Å². The van der Waals surface area contributed by atoms with E-state index in [0.29, 0.717) is 11.9 Å². The Morgan fingerprint density at radius 2 is 1.74 bits per heavy atom. The Hall–Kier alpha value is -3.40. The maximum Gasteiger partial charge on any atom is 0.417 e. The van der Waals surface area contributed by atoms with Gasteiger partial charge in [0.1, 0.15) is 17.3 Å². The van der Waals surface area contributed by atoms with E-state index < -0.39 is 29.6 Å². The average Bonchev–Trinajstić information content (AvgIpc) is 2.71. The van der Waals surface area contributed by atoms with Crippen molar-refractivity contribution < 1.29 is 31.8 Å². The van der Waals surface area contributed by atoms with Gasteiger partial charge in [0.25, 0.3) is 11.8 Å². The van der Waals surface area contributed by atoms with Gasteiger partial charge in [-0.05, 0) is 49.4 Å². The fourth-order valence-electron chi connectivity index (χ4n) is 2.30. The number of pyridine rings is 2. The van der Waals surface area contributed by atoms with Gasteiger partial charge in [0.15, 0.2) is 11.9 Å². The van der Waals surface area contributed by atoms with Crippen molar-refractivity contribution in [3.05, 3.63) is 71.3 Å². The Labute approximate surface area is 178 Å². The van der Waals surface area contributed by atoms with Gasteiger partial charge in [-0.1, -0.05) is 11.6 Å². The van der Waals surface area contributed by atoms with E-state index in [1.54, 1.807) is 0 Å². The van der Waals surface area contributed by atoms with Gasteiger partial charge < -0.3 is 14.8 Å². The molecule has 31 heavy (non-hydrogen) atoms. The molecule has 2 aromatic heterocycles. The molecule has 0 spiro atoms. The Balaban J connectivity index is 1.57. The zero-order chi connectivity index (χ0) is 22.6. The van der Waals surface area contributed by atoms with Gasteiger partial charge in [0.2, 0.25) is 0 Å². The first-order valence-corrected chi connectivity index (χ1v) is 9.09. The quantitative estimate of drug-likeness (QED) is 0.498. The minimum atomic E-state index is -4.52. The van der Waals surface area contributed by atoms with Crippen molar-refractivity contribution in [2.45, 2.75) is 19.2 Å². The Morgan fingerprint density at radius 1 is 1.06 bits per heavy atom. The number of aromatic nitrogens is 2. The summed E-state index contributed by atoms with van der Waals surface area (Å²) in [6.45, 7) is 1.46. The van der Waals surface area contributed by atoms with Gasteiger partial charge in [0, 0.05) is 12.4 Å². The third-order valence-electron chi connectivity index (χ3n) is 3.84. The van der Waals surface area contributed by atoms with Gasteiger partial charge in [-0.3, -0.25) is 4.79 Å². The van der Waals surface area contributed by atoms with Crippen LogP contribution in [0.15, 0.2) is 54.9 Å². The van der Waals surface area contributed by atoms with Crippen molar-refractivity contribution in [3.8, 4) is 17.4 Å². The molecule has 0 saturated heterocycles. The van der Waals surface area contributed by atoms with Crippen molar-refractivity contribution in [1.29, 1.82) is 0 Å². The molecule has 1 N–H and O–H groups in total. The van der Waals surface area contributed by atoms with Crippen LogP contribution in [0.4, 0.5) is 23.4 Å². The number of hydrogen-bond acceptors (Lipinski definition) is 5. The van der Waals surface area contributed by atoms with Gasteiger partial charge in [-0.25, -0.2) is 14.4 Å². The van der Waals surface area contributed by atoms with Crippen LogP contribution in [0.2, 0.25) is 5.02 Å². The molecule has 2 heterocycles. The highest BCUT2D eigenvalue weighted by molar-refractivity contribution is 6.30. The average molecular weight is 456 g/mol. The maximum atomic E-state index is 13.7. The summed E-state index contributed by atoms with van der Waals surface area (Å²) in [4.78, 5) is 19.5. The molecule has 0 aliphatic heterocycles. The lowest BCUT2D eigenvalue weighted by Crippen LogP contribution is -2.30. The van der Waals surface area contributed by atoms with Crippen LogP contribution in [0.5, 0.6) is 17.4 Å². The minimum Gasteiger partial charge on any atom is -0.481 e. The number of carbonyl (C=O) groups excluding carboxylic acids is 1. The fourth-order valence-corrected chi connectivity index (χ4v) is 2.44. The lowest BCUT2D eigenvalue weighted by Gasteiger charge is -2.15. The van der Waals surface area contributed by atoms with Gasteiger partial charge in [0.05, 0.1) is 10.6 Å². The number of hydrogen-bond donors (Lipinski definition) is 1. The summed E-state index contributed by atoms with van der Waals surface area (Å²) in [7, 11) is 0. The molecule has 0 aliphatic carbocycles. The fraction of sp³-hybridized carbons (Fsp3) is 0.150. The van der Waals surface area contributed by atoms with Crippen LogP contribution >= 0.6 is 11.6 Å². The molecule has 162 valence electrons. The summed E-state index contributed by atoms with van der Waals surface area (Å²) in [6, 6.07) is 8.86. The number of nitrogens with zero attached hydrogens (tertiary/aromatic N) is 2. The summed E-state index contributed by atoms with van der Waals surface area (Å²) in [5, 5.41) is 2.50. The van der Waals surface area contributed by atoms with Crippen molar-refractivity contribution in [2.24, 2.45) is 0 Å². The summed E-state index contributed by atoms with van der Waals surface area (Å²) in [6.07, 6.45) is -3.63. The van der Waals surface area contributed by atoms with E-state index >= 15 is 0 Å². The largest absolute Gasteiger partial charge is 0.481 e. The van der Waals surface area contributed by atoms with Crippen LogP contribution < -0.4 is 14.8 Å². The number of alkyl halides is 3. The summed E-state index contributed by atoms with van der Waals surface area (Å²) < 4.78 is 62.2. The molecule has 0 fully saturated rings. The number of halogens is 5. The first kappa shape index (κ1) is 22.3. The molecular weight excluding hydrogens is 442 g/mol. The van der Waals surface area contributed by atoms with Gasteiger partial charge in [-0.15, -0.1) is 0 Å². The standard InChI is InChI=1S/C20H14ClF4N3O3/c1-11(18(29)28-17-7-2-12(9-26-17)20(23,24)25)30-14-3-5-15(6-4-14)31-19-16(22)8-13(21)10-27-19/h2-11H,1H3,(H,26,28,29). The van der Waals surface area contributed by atoms with E-state index in [0.717, 1.165) is 18.2 Å². The Morgan fingerprint density at radius 3 is 2.32 bits per heavy atom. The third-order valence-corrected chi connectivity index (χ3v) is 4.04. The molecule has 3 aromatic rings. The van der Waals surface area contributed by atoms with E-state index in [1.807, 2.05) is 0 Å². The highest BCUT2D eigenvalue weighted by Crippen LogP contribution is 2.29. The normalized spacial score (nSPS) is 12.2. The van der Waals surface area contributed by atoms with E-state index in [-0.39, 0.29) is 22.5 Å². The predicted molar refractivity (Wildman–Crippen MR) is 104 cm³/mol. The Kier molecular flexibility index (Phi) is 6.59. The van der Waals surface area contributed by atoms with Gasteiger partial charge >= 0.3 is 6.18 Å². The van der Waals surface area contributed by atoms with Crippen LogP contribution in [0, 0.1) is 5.82 Å². The monoisotopic (exact) mass is 455 g/mol. The second kappa shape index (κ2) is 9.17. The lowest BCUT2D eigenvalue weighted by atomic mass is 10.2. The smallest absolute Gasteiger partial charge is 0.417 e.